The molecule has 232 valence electrons. The molecular formula is C40H37O5P. The lowest BCUT2D eigenvalue weighted by Gasteiger charge is -2.46. The normalized spacial score (nSPS) is 15.6. The van der Waals surface area contributed by atoms with Crippen LogP contribution in [0.25, 0.3) is 0 Å². The Hall–Kier alpha value is -4.47. The molecule has 1 spiro atoms. The molecule has 5 aromatic rings. The molecule has 5 nitrogen and oxygen atoms in total. The van der Waals surface area contributed by atoms with E-state index >= 15 is 0 Å². The van der Waals surface area contributed by atoms with E-state index in [1.807, 2.05) is 60.7 Å². The SMILES string of the molecule is CC(C)(C)c1cccc(C(C)(C)C)c1OCP1Oc2cccc3c2C2(c4ccccc4O3)c3ccccc3Oc3cccc(c32)O1. The van der Waals surface area contributed by atoms with Gasteiger partial charge in [0, 0.05) is 11.1 Å². The van der Waals surface area contributed by atoms with E-state index in [2.05, 4.69) is 84.0 Å². The first-order valence-corrected chi connectivity index (χ1v) is 17.1. The van der Waals surface area contributed by atoms with E-state index in [0.717, 1.165) is 62.1 Å². The smallest absolute Gasteiger partial charge is 0.331 e. The fourth-order valence-corrected chi connectivity index (χ4v) is 8.26. The maximum atomic E-state index is 6.93. The first kappa shape index (κ1) is 29.0. The minimum absolute atomic E-state index is 0.113. The van der Waals surface area contributed by atoms with Crippen molar-refractivity contribution in [2.24, 2.45) is 0 Å². The molecule has 0 N–H and O–H groups in total. The molecule has 0 fully saturated rings. The highest BCUT2D eigenvalue weighted by atomic mass is 31.2. The van der Waals surface area contributed by atoms with Gasteiger partial charge >= 0.3 is 8.38 Å². The highest BCUT2D eigenvalue weighted by Gasteiger charge is 2.55. The first-order chi connectivity index (χ1) is 22.1. The van der Waals surface area contributed by atoms with Crippen LogP contribution in [-0.4, -0.2) is 6.35 Å². The first-order valence-electron chi connectivity index (χ1n) is 15.8. The fourth-order valence-electron chi connectivity index (χ4n) is 7.14. The van der Waals surface area contributed by atoms with Crippen LogP contribution in [0.5, 0.6) is 40.2 Å². The van der Waals surface area contributed by atoms with Crippen molar-refractivity contribution in [3.05, 3.63) is 137 Å². The second-order valence-electron chi connectivity index (χ2n) is 14.2. The monoisotopic (exact) mass is 628 g/mol. The Labute approximate surface area is 272 Å². The molecule has 0 atom stereocenters. The van der Waals surface area contributed by atoms with Crippen LogP contribution in [0.1, 0.15) is 74.9 Å². The lowest BCUT2D eigenvalue weighted by Crippen LogP contribution is -2.38. The van der Waals surface area contributed by atoms with Gasteiger partial charge in [-0.15, -0.1) is 0 Å². The van der Waals surface area contributed by atoms with E-state index in [0.29, 0.717) is 11.5 Å². The zero-order chi connectivity index (χ0) is 31.8. The minimum atomic E-state index is -1.60. The van der Waals surface area contributed by atoms with Crippen molar-refractivity contribution in [3.8, 4) is 40.2 Å². The van der Waals surface area contributed by atoms with E-state index in [4.69, 9.17) is 23.3 Å². The van der Waals surface area contributed by atoms with Gasteiger partial charge in [-0.25, -0.2) is 0 Å². The summed E-state index contributed by atoms with van der Waals surface area (Å²) in [7, 11) is -1.60. The van der Waals surface area contributed by atoms with Crippen LogP contribution >= 0.6 is 8.38 Å². The topological polar surface area (TPSA) is 46.2 Å². The molecule has 6 heteroatoms. The van der Waals surface area contributed by atoms with Crippen molar-refractivity contribution in [1.82, 2.24) is 0 Å². The Morgan fingerprint density at radius 2 is 0.935 bits per heavy atom. The molecule has 5 aromatic carbocycles. The highest BCUT2D eigenvalue weighted by molar-refractivity contribution is 7.47. The van der Waals surface area contributed by atoms with Crippen molar-refractivity contribution in [3.63, 3.8) is 0 Å². The van der Waals surface area contributed by atoms with E-state index in [1.54, 1.807) is 0 Å². The molecule has 0 radical (unpaired) electrons. The van der Waals surface area contributed by atoms with Gasteiger partial charge < -0.3 is 23.3 Å². The number of benzene rings is 5. The van der Waals surface area contributed by atoms with Crippen molar-refractivity contribution in [2.45, 2.75) is 57.8 Å². The zero-order valence-electron chi connectivity index (χ0n) is 27.0. The van der Waals surface area contributed by atoms with E-state index in [9.17, 15) is 0 Å². The Kier molecular flexibility index (Phi) is 6.47. The molecule has 0 unspecified atom stereocenters. The summed E-state index contributed by atoms with van der Waals surface area (Å²) in [4.78, 5) is 0. The van der Waals surface area contributed by atoms with Crippen LogP contribution in [0.4, 0.5) is 0 Å². The molecule has 8 rings (SSSR count). The van der Waals surface area contributed by atoms with Crippen LogP contribution in [-0.2, 0) is 16.2 Å². The molecule has 0 saturated heterocycles. The largest absolute Gasteiger partial charge is 0.481 e. The average molecular weight is 629 g/mol. The number of fused-ring (bicyclic) bond motifs is 2. The summed E-state index contributed by atoms with van der Waals surface area (Å²) in [5.74, 6) is 5.40. The Morgan fingerprint density at radius 3 is 1.41 bits per heavy atom. The van der Waals surface area contributed by atoms with Crippen LogP contribution < -0.4 is 23.3 Å². The summed E-state index contributed by atoms with van der Waals surface area (Å²) < 4.78 is 33.9. The third-order valence-electron chi connectivity index (χ3n) is 9.09. The van der Waals surface area contributed by atoms with Crippen molar-refractivity contribution in [2.75, 3.05) is 6.35 Å². The molecule has 3 aliphatic rings. The summed E-state index contributed by atoms with van der Waals surface area (Å²) in [6.07, 6.45) is 0.237. The van der Waals surface area contributed by atoms with Crippen LogP contribution in [0.3, 0.4) is 0 Å². The number of hydrogen-bond acceptors (Lipinski definition) is 5. The third-order valence-corrected chi connectivity index (χ3v) is 10.2. The van der Waals surface area contributed by atoms with Gasteiger partial charge in [-0.05, 0) is 58.4 Å². The Bertz CT molecular complexity index is 1860. The number of ether oxygens (including phenoxy) is 3. The fraction of sp³-hybridized carbons (Fsp3) is 0.250. The molecule has 3 aliphatic heterocycles. The number of hydrogen-bond donors (Lipinski definition) is 0. The molecule has 0 saturated carbocycles. The molecular weight excluding hydrogens is 591 g/mol. The summed E-state index contributed by atoms with van der Waals surface area (Å²) in [6.45, 7) is 13.3. The molecule has 3 heterocycles. The second kappa shape index (κ2) is 10.3. The average Bonchev–Trinajstić information content (AvgIpc) is 3.01. The number of rotatable bonds is 3. The van der Waals surface area contributed by atoms with Crippen molar-refractivity contribution in [1.29, 1.82) is 0 Å². The van der Waals surface area contributed by atoms with Crippen LogP contribution in [0.15, 0.2) is 103 Å². The Morgan fingerprint density at radius 1 is 0.522 bits per heavy atom. The molecule has 0 amide bonds. The second-order valence-corrected chi connectivity index (χ2v) is 15.5. The lowest BCUT2D eigenvalue weighted by atomic mass is 9.62. The molecule has 46 heavy (non-hydrogen) atoms. The van der Waals surface area contributed by atoms with Gasteiger partial charge in [0.05, 0.1) is 16.5 Å². The van der Waals surface area contributed by atoms with Crippen LogP contribution in [0.2, 0.25) is 0 Å². The summed E-state index contributed by atoms with van der Waals surface area (Å²) >= 11 is 0. The van der Waals surface area contributed by atoms with Gasteiger partial charge in [0.15, 0.2) is 6.35 Å². The van der Waals surface area contributed by atoms with E-state index in [-0.39, 0.29) is 17.2 Å². The maximum Gasteiger partial charge on any atom is 0.331 e. The predicted octanol–water partition coefficient (Wildman–Crippen LogP) is 11.0. The summed E-state index contributed by atoms with van der Waals surface area (Å²) in [5, 5.41) is 0. The van der Waals surface area contributed by atoms with Gasteiger partial charge in [0.2, 0.25) is 0 Å². The van der Waals surface area contributed by atoms with Gasteiger partial charge in [-0.1, -0.05) is 108 Å². The van der Waals surface area contributed by atoms with Gasteiger partial charge in [0.25, 0.3) is 0 Å². The summed E-state index contributed by atoms with van der Waals surface area (Å²) in [5.41, 5.74) is 5.22. The summed E-state index contributed by atoms with van der Waals surface area (Å²) in [6, 6.07) is 35.0. The standard InChI is InChI=1S/C40H37O5P/c1-38(2,3)27-16-11-17-28(39(4,5)6)37(27)41-24-46-44-33-22-12-20-31-35(33)40(25-14-7-9-18-29(25)42-31)26-15-8-10-19-30(26)43-32-21-13-23-34(45-46)36(32)40/h7-23H,24H2,1-6H3. The maximum absolute atomic E-state index is 6.93. The van der Waals surface area contributed by atoms with Gasteiger partial charge in [-0.3, -0.25) is 0 Å². The molecule has 0 aromatic heterocycles. The van der Waals surface area contributed by atoms with Crippen LogP contribution in [0, 0.1) is 0 Å². The molecule has 0 bridgehead atoms. The quantitative estimate of drug-likeness (QED) is 0.182. The van der Waals surface area contributed by atoms with Crippen molar-refractivity contribution >= 4 is 8.38 Å². The van der Waals surface area contributed by atoms with E-state index in [1.165, 1.54) is 0 Å². The van der Waals surface area contributed by atoms with Gasteiger partial charge in [0.1, 0.15) is 40.2 Å². The molecule has 0 aliphatic carbocycles. The zero-order valence-corrected chi connectivity index (χ0v) is 27.9. The Balaban J connectivity index is 1.32. The predicted molar refractivity (Wildman–Crippen MR) is 182 cm³/mol. The minimum Gasteiger partial charge on any atom is -0.481 e. The van der Waals surface area contributed by atoms with Gasteiger partial charge in [-0.2, -0.15) is 0 Å². The third kappa shape index (κ3) is 4.32. The van der Waals surface area contributed by atoms with Crippen molar-refractivity contribution < 1.29 is 23.3 Å². The lowest BCUT2D eigenvalue weighted by molar-refractivity contribution is 0.326. The highest BCUT2D eigenvalue weighted by Crippen LogP contribution is 2.67. The van der Waals surface area contributed by atoms with E-state index < -0.39 is 13.8 Å². The number of para-hydroxylation sites is 3.